The van der Waals surface area contributed by atoms with Crippen LogP contribution in [0.25, 0.3) is 11.3 Å². The highest BCUT2D eigenvalue weighted by Crippen LogP contribution is 2.39. The van der Waals surface area contributed by atoms with Crippen molar-refractivity contribution in [2.24, 2.45) is 5.92 Å². The second-order valence-corrected chi connectivity index (χ2v) is 9.87. The standard InChI is InChI=1S/C26H25N3O4S/c1-15-22(20-10-11-21-19(14-20)12-13-29(21)25(32)18-8-9-18)27-26(34-15)28-24(31)23(33-16(2)30)17-6-4-3-5-7-17/h3-7,10-11,14,18,23H,8-9,12-13H2,1-2H3,(H,27,28,31)/t23-/m1/s1. The Balaban J connectivity index is 1.35. The molecule has 1 fully saturated rings. The third-order valence-corrected chi connectivity index (χ3v) is 6.98. The van der Waals surface area contributed by atoms with E-state index >= 15 is 0 Å². The zero-order valence-electron chi connectivity index (χ0n) is 19.0. The number of hydrogen-bond acceptors (Lipinski definition) is 6. The number of nitrogens with one attached hydrogen (secondary N) is 1. The highest BCUT2D eigenvalue weighted by molar-refractivity contribution is 7.16. The van der Waals surface area contributed by atoms with E-state index in [0.29, 0.717) is 10.7 Å². The lowest BCUT2D eigenvalue weighted by molar-refractivity contribution is -0.152. The van der Waals surface area contributed by atoms with Crippen molar-refractivity contribution in [3.05, 3.63) is 64.5 Å². The lowest BCUT2D eigenvalue weighted by Crippen LogP contribution is -2.30. The average Bonchev–Trinajstić information content (AvgIpc) is 3.49. The van der Waals surface area contributed by atoms with Gasteiger partial charge in [-0.2, -0.15) is 0 Å². The number of aryl methyl sites for hydroxylation is 1. The number of esters is 1. The van der Waals surface area contributed by atoms with Gasteiger partial charge in [0, 0.05) is 41.1 Å². The summed E-state index contributed by atoms with van der Waals surface area (Å²) in [6, 6.07) is 15.0. The molecule has 2 aromatic carbocycles. The Morgan fingerprint density at radius 3 is 2.62 bits per heavy atom. The SMILES string of the molecule is CC(=O)O[C@@H](C(=O)Nc1nc(-c2ccc3c(c2)CCN3C(=O)C2CC2)c(C)s1)c1ccccc1. The Hall–Kier alpha value is -3.52. The molecule has 174 valence electrons. The number of thiazole rings is 1. The molecule has 1 N–H and O–H groups in total. The van der Waals surface area contributed by atoms with Gasteiger partial charge in [-0.15, -0.1) is 11.3 Å². The molecule has 0 unspecified atom stereocenters. The lowest BCUT2D eigenvalue weighted by atomic mass is 10.1. The molecule has 1 aliphatic heterocycles. The molecule has 7 nitrogen and oxygen atoms in total. The minimum atomic E-state index is -1.05. The first kappa shape index (κ1) is 22.3. The molecule has 34 heavy (non-hydrogen) atoms. The van der Waals surface area contributed by atoms with E-state index < -0.39 is 18.0 Å². The summed E-state index contributed by atoms with van der Waals surface area (Å²) in [5, 5.41) is 3.25. The van der Waals surface area contributed by atoms with E-state index in [0.717, 1.165) is 53.2 Å². The molecule has 2 heterocycles. The van der Waals surface area contributed by atoms with Gasteiger partial charge in [-0.1, -0.05) is 36.4 Å². The summed E-state index contributed by atoms with van der Waals surface area (Å²) in [5.41, 5.74) is 4.47. The van der Waals surface area contributed by atoms with Crippen molar-refractivity contribution < 1.29 is 19.1 Å². The number of hydrogen-bond donors (Lipinski definition) is 1. The molecule has 0 saturated heterocycles. The first-order valence-electron chi connectivity index (χ1n) is 11.4. The molecule has 8 heteroatoms. The lowest BCUT2D eigenvalue weighted by Gasteiger charge is -2.17. The number of fused-ring (bicyclic) bond motifs is 1. The maximum Gasteiger partial charge on any atom is 0.303 e. The normalized spacial score (nSPS) is 15.5. The van der Waals surface area contributed by atoms with Crippen LogP contribution in [0.3, 0.4) is 0 Å². The Morgan fingerprint density at radius 2 is 1.91 bits per heavy atom. The van der Waals surface area contributed by atoms with Gasteiger partial charge in [-0.25, -0.2) is 4.98 Å². The van der Waals surface area contributed by atoms with Crippen LogP contribution >= 0.6 is 11.3 Å². The fourth-order valence-electron chi connectivity index (χ4n) is 4.28. The molecular formula is C26H25N3O4S. The van der Waals surface area contributed by atoms with Gasteiger partial charge in [-0.05, 0) is 43.9 Å². The van der Waals surface area contributed by atoms with E-state index in [1.54, 1.807) is 24.3 Å². The maximum absolute atomic E-state index is 13.0. The molecule has 1 saturated carbocycles. The predicted octanol–water partition coefficient (Wildman–Crippen LogP) is 4.66. The second kappa shape index (κ2) is 9.02. The number of carbonyl (C=O) groups is 3. The molecule has 1 aliphatic carbocycles. The largest absolute Gasteiger partial charge is 0.447 e. The van der Waals surface area contributed by atoms with Crippen LogP contribution in [0.5, 0.6) is 0 Å². The third-order valence-electron chi connectivity index (χ3n) is 6.09. The summed E-state index contributed by atoms with van der Waals surface area (Å²) in [6.07, 6.45) is 1.77. The first-order valence-corrected chi connectivity index (χ1v) is 12.2. The van der Waals surface area contributed by atoms with E-state index in [-0.39, 0.29) is 11.8 Å². The van der Waals surface area contributed by atoms with E-state index in [4.69, 9.17) is 4.74 Å². The highest BCUT2D eigenvalue weighted by atomic mass is 32.1. The van der Waals surface area contributed by atoms with E-state index in [9.17, 15) is 14.4 Å². The van der Waals surface area contributed by atoms with E-state index in [2.05, 4.69) is 16.4 Å². The van der Waals surface area contributed by atoms with Gasteiger partial charge in [0.15, 0.2) is 5.13 Å². The number of benzene rings is 2. The fraction of sp³-hybridized carbons (Fsp3) is 0.308. The Kier molecular flexibility index (Phi) is 5.91. The smallest absolute Gasteiger partial charge is 0.303 e. The van der Waals surface area contributed by atoms with Crippen LogP contribution in [0.1, 0.15) is 41.9 Å². The molecule has 0 spiro atoms. The topological polar surface area (TPSA) is 88.6 Å². The number of rotatable bonds is 6. The molecule has 1 aromatic heterocycles. The van der Waals surface area contributed by atoms with Crippen molar-refractivity contribution in [2.75, 3.05) is 16.8 Å². The fourth-order valence-corrected chi connectivity index (χ4v) is 5.12. The summed E-state index contributed by atoms with van der Waals surface area (Å²) in [4.78, 5) is 44.6. The van der Waals surface area contributed by atoms with E-state index in [1.165, 1.54) is 18.3 Å². The zero-order valence-corrected chi connectivity index (χ0v) is 19.9. The van der Waals surface area contributed by atoms with Gasteiger partial charge in [-0.3, -0.25) is 19.7 Å². The Bertz CT molecular complexity index is 1270. The third kappa shape index (κ3) is 4.46. The van der Waals surface area contributed by atoms with Crippen LogP contribution in [0.15, 0.2) is 48.5 Å². The zero-order chi connectivity index (χ0) is 23.8. The number of amides is 2. The monoisotopic (exact) mass is 475 g/mol. The molecule has 1 atom stereocenters. The predicted molar refractivity (Wildman–Crippen MR) is 131 cm³/mol. The van der Waals surface area contributed by atoms with Gasteiger partial charge >= 0.3 is 5.97 Å². The minimum absolute atomic E-state index is 0.198. The molecule has 0 bridgehead atoms. The van der Waals surface area contributed by atoms with E-state index in [1.807, 2.05) is 30.0 Å². The van der Waals surface area contributed by atoms with Crippen LogP contribution in [-0.4, -0.2) is 29.3 Å². The van der Waals surface area contributed by atoms with Gasteiger partial charge in [0.1, 0.15) is 0 Å². The Morgan fingerprint density at radius 1 is 1.15 bits per heavy atom. The summed E-state index contributed by atoms with van der Waals surface area (Å²) in [6.45, 7) is 3.96. The van der Waals surface area contributed by atoms with Crippen LogP contribution in [0.2, 0.25) is 0 Å². The van der Waals surface area contributed by atoms with Gasteiger partial charge in [0.05, 0.1) is 5.69 Å². The van der Waals surface area contributed by atoms with Crippen molar-refractivity contribution in [1.82, 2.24) is 4.98 Å². The van der Waals surface area contributed by atoms with Crippen molar-refractivity contribution in [3.63, 3.8) is 0 Å². The Labute approximate surface area is 201 Å². The molecular weight excluding hydrogens is 450 g/mol. The summed E-state index contributed by atoms with van der Waals surface area (Å²) in [7, 11) is 0. The van der Waals surface area contributed by atoms with Gasteiger partial charge in [0.25, 0.3) is 5.91 Å². The highest BCUT2D eigenvalue weighted by Gasteiger charge is 2.36. The molecule has 3 aromatic rings. The average molecular weight is 476 g/mol. The summed E-state index contributed by atoms with van der Waals surface area (Å²) >= 11 is 1.37. The van der Waals surface area contributed by atoms with Gasteiger partial charge < -0.3 is 9.64 Å². The molecule has 5 rings (SSSR count). The summed E-state index contributed by atoms with van der Waals surface area (Å²) < 4.78 is 5.29. The van der Waals surface area contributed by atoms with Crippen molar-refractivity contribution >= 4 is 39.9 Å². The van der Waals surface area contributed by atoms with Gasteiger partial charge in [0.2, 0.25) is 12.0 Å². The second-order valence-electron chi connectivity index (χ2n) is 8.67. The number of anilines is 2. The first-order chi connectivity index (χ1) is 16.4. The van der Waals surface area contributed by atoms with Crippen molar-refractivity contribution in [1.29, 1.82) is 0 Å². The van der Waals surface area contributed by atoms with Crippen molar-refractivity contribution in [3.8, 4) is 11.3 Å². The number of ether oxygens (including phenoxy) is 1. The minimum Gasteiger partial charge on any atom is -0.447 e. The van der Waals surface area contributed by atoms with Crippen LogP contribution in [0.4, 0.5) is 10.8 Å². The molecule has 2 amide bonds. The summed E-state index contributed by atoms with van der Waals surface area (Å²) in [5.74, 6) is -0.552. The maximum atomic E-state index is 13.0. The number of carbonyl (C=O) groups excluding carboxylic acids is 3. The van der Waals surface area contributed by atoms with Crippen LogP contribution in [0, 0.1) is 12.8 Å². The quantitative estimate of drug-likeness (QED) is 0.524. The number of aromatic nitrogens is 1. The van der Waals surface area contributed by atoms with Crippen LogP contribution < -0.4 is 10.2 Å². The molecule has 0 radical (unpaired) electrons. The molecule has 2 aliphatic rings. The van der Waals surface area contributed by atoms with Crippen LogP contribution in [-0.2, 0) is 25.5 Å². The van der Waals surface area contributed by atoms with Crippen molar-refractivity contribution in [2.45, 2.75) is 39.2 Å². The number of nitrogens with zero attached hydrogens (tertiary/aromatic N) is 2.